The van der Waals surface area contributed by atoms with Crippen LogP contribution >= 0.6 is 0 Å². The van der Waals surface area contributed by atoms with E-state index in [0.717, 1.165) is 22.4 Å². The van der Waals surface area contributed by atoms with Crippen molar-refractivity contribution in [2.45, 2.75) is 82.8 Å². The summed E-state index contributed by atoms with van der Waals surface area (Å²) in [6.07, 6.45) is 3.91. The Morgan fingerprint density at radius 3 is 2.43 bits per heavy atom. The number of carbonyl (C=O) groups excluding carboxylic acids is 4. The number of nitrogens with zero attached hydrogens (tertiary/aromatic N) is 3. The van der Waals surface area contributed by atoms with E-state index in [2.05, 4.69) is 13.2 Å². The first-order chi connectivity index (χ1) is 23.5. The van der Waals surface area contributed by atoms with Gasteiger partial charge in [-0.05, 0) is 63.1 Å². The number of aryl methyl sites for hydroxylation is 2. The SMILES string of the molecule is C=CCCC(=O)N(C)[C@@H](C)[C@@H](OC(=O)[C@@H]1[C@@H]2CC[C@]3(O2)[C@H](C(=O)N(CC=C)c2c(C)cccc2C)N(CCCO)C(=O)[C@@H]13)c1ccccc1. The minimum atomic E-state index is -1.24. The lowest BCUT2D eigenvalue weighted by Crippen LogP contribution is -2.56. The summed E-state index contributed by atoms with van der Waals surface area (Å²) in [5.41, 5.74) is 2.04. The van der Waals surface area contributed by atoms with Crippen LogP contribution in [0.4, 0.5) is 5.69 Å². The average Bonchev–Trinajstić information content (AvgIpc) is 3.74. The lowest BCUT2D eigenvalue weighted by molar-refractivity contribution is -0.164. The molecular formula is C39H49N3O7. The number of anilines is 1. The second-order valence-electron chi connectivity index (χ2n) is 13.5. The van der Waals surface area contributed by atoms with Crippen molar-refractivity contribution in [2.24, 2.45) is 11.8 Å². The summed E-state index contributed by atoms with van der Waals surface area (Å²) >= 11 is 0. The van der Waals surface area contributed by atoms with E-state index < -0.39 is 47.7 Å². The molecule has 10 nitrogen and oxygen atoms in total. The zero-order chi connectivity index (χ0) is 35.5. The predicted molar refractivity (Wildman–Crippen MR) is 186 cm³/mol. The molecule has 1 spiro atoms. The summed E-state index contributed by atoms with van der Waals surface area (Å²) < 4.78 is 13.0. The lowest BCUT2D eigenvalue weighted by Gasteiger charge is -2.37. The molecule has 0 aromatic heterocycles. The molecule has 0 radical (unpaired) electrons. The van der Waals surface area contributed by atoms with Crippen LogP contribution in [0.25, 0.3) is 0 Å². The van der Waals surface area contributed by atoms with Gasteiger partial charge in [0.2, 0.25) is 11.8 Å². The zero-order valence-electron chi connectivity index (χ0n) is 29.0. The van der Waals surface area contributed by atoms with Gasteiger partial charge in [0.1, 0.15) is 17.7 Å². The van der Waals surface area contributed by atoms with Crippen molar-refractivity contribution in [3.63, 3.8) is 0 Å². The van der Waals surface area contributed by atoms with E-state index in [0.29, 0.717) is 19.3 Å². The molecule has 0 unspecified atom stereocenters. The minimum Gasteiger partial charge on any atom is -0.455 e. The number of hydrogen-bond acceptors (Lipinski definition) is 7. The Labute approximate surface area is 289 Å². The second-order valence-corrected chi connectivity index (χ2v) is 13.5. The quantitative estimate of drug-likeness (QED) is 0.216. The number of ether oxygens (including phenoxy) is 2. The van der Waals surface area contributed by atoms with Gasteiger partial charge in [-0.25, -0.2) is 0 Å². The van der Waals surface area contributed by atoms with Crippen molar-refractivity contribution in [1.82, 2.24) is 9.80 Å². The van der Waals surface area contributed by atoms with Gasteiger partial charge in [-0.1, -0.05) is 60.7 Å². The number of aliphatic hydroxyl groups is 1. The summed E-state index contributed by atoms with van der Waals surface area (Å²) in [5, 5.41) is 9.76. The third-order valence-electron chi connectivity index (χ3n) is 10.5. The number of benzene rings is 2. The topological polar surface area (TPSA) is 117 Å². The summed E-state index contributed by atoms with van der Waals surface area (Å²) in [6.45, 7) is 13.5. The molecule has 2 bridgehead atoms. The largest absolute Gasteiger partial charge is 0.455 e. The Hall–Kier alpha value is -4.28. The van der Waals surface area contributed by atoms with Gasteiger partial charge in [0, 0.05) is 38.9 Å². The third-order valence-corrected chi connectivity index (χ3v) is 10.5. The molecule has 49 heavy (non-hydrogen) atoms. The van der Waals surface area contributed by atoms with Gasteiger partial charge in [0.05, 0.1) is 24.0 Å². The molecule has 3 saturated heterocycles. The van der Waals surface area contributed by atoms with Gasteiger partial charge in [-0.15, -0.1) is 13.2 Å². The summed E-state index contributed by atoms with van der Waals surface area (Å²) in [7, 11) is 1.69. The molecule has 0 aliphatic carbocycles. The fraction of sp³-hybridized carbons (Fsp3) is 0.487. The van der Waals surface area contributed by atoms with Crippen LogP contribution < -0.4 is 4.90 Å². The highest BCUT2D eigenvalue weighted by Gasteiger charge is 2.75. The summed E-state index contributed by atoms with van der Waals surface area (Å²) in [5.74, 6) is -3.23. The molecule has 3 amide bonds. The maximum absolute atomic E-state index is 14.8. The van der Waals surface area contributed by atoms with Crippen LogP contribution in [-0.4, -0.2) is 89.1 Å². The number of rotatable bonds is 15. The summed E-state index contributed by atoms with van der Waals surface area (Å²) in [6, 6.07) is 13.5. The molecule has 5 rings (SSSR count). The van der Waals surface area contributed by atoms with Crippen molar-refractivity contribution in [1.29, 1.82) is 0 Å². The van der Waals surface area contributed by atoms with Gasteiger partial charge in [0.15, 0.2) is 0 Å². The van der Waals surface area contributed by atoms with Gasteiger partial charge in [-0.2, -0.15) is 0 Å². The monoisotopic (exact) mass is 671 g/mol. The molecule has 262 valence electrons. The van der Waals surface area contributed by atoms with Gasteiger partial charge in [0.25, 0.3) is 5.91 Å². The number of likely N-dealkylation sites (N-methyl/N-ethyl adjacent to an activating group) is 1. The molecule has 2 aromatic carbocycles. The molecule has 3 aliphatic heterocycles. The molecule has 3 aliphatic rings. The molecule has 2 aromatic rings. The van der Waals surface area contributed by atoms with Gasteiger partial charge < -0.3 is 29.3 Å². The number of carbonyl (C=O) groups is 4. The maximum atomic E-state index is 14.8. The van der Waals surface area contributed by atoms with E-state index in [1.165, 1.54) is 4.90 Å². The standard InChI is InChI=1S/C39H49N3O7/c1-7-9-19-30(44)40(6)27(5)34(28-17-11-10-12-18-28)48-38(47)31-29-20-21-39(49-29)32(31)36(45)42(23-14-24-43)35(39)37(46)41(22-8-2)33-25(3)15-13-16-26(33)4/h7-8,10-13,15-18,27,29,31-32,34-35,43H,1-2,9,14,19-24H2,3-6H3/t27-,29-,31+,32+,34+,35-,39+/m0/s1. The van der Waals surface area contributed by atoms with Crippen LogP contribution in [-0.2, 0) is 28.7 Å². The number of hydrogen-bond donors (Lipinski definition) is 1. The molecule has 0 saturated carbocycles. The fourth-order valence-corrected chi connectivity index (χ4v) is 8.10. The maximum Gasteiger partial charge on any atom is 0.313 e. The van der Waals surface area contributed by atoms with Crippen LogP contribution in [0.3, 0.4) is 0 Å². The van der Waals surface area contributed by atoms with E-state index in [4.69, 9.17) is 9.47 Å². The van der Waals surface area contributed by atoms with E-state index in [-0.39, 0.29) is 50.3 Å². The highest BCUT2D eigenvalue weighted by molar-refractivity contribution is 6.05. The number of aliphatic hydroxyl groups excluding tert-OH is 1. The lowest BCUT2D eigenvalue weighted by atomic mass is 9.70. The number of amides is 3. The first-order valence-corrected chi connectivity index (χ1v) is 17.2. The minimum absolute atomic E-state index is 0.105. The van der Waals surface area contributed by atoms with E-state index >= 15 is 0 Å². The molecule has 10 heteroatoms. The Bertz CT molecular complexity index is 1560. The predicted octanol–water partition coefficient (Wildman–Crippen LogP) is 4.68. The summed E-state index contributed by atoms with van der Waals surface area (Å²) in [4.78, 5) is 61.4. The first-order valence-electron chi connectivity index (χ1n) is 17.2. The van der Waals surface area contributed by atoms with Crippen LogP contribution in [0.5, 0.6) is 0 Å². The molecule has 3 heterocycles. The number of para-hydroxylation sites is 1. The zero-order valence-corrected chi connectivity index (χ0v) is 29.0. The fourth-order valence-electron chi connectivity index (χ4n) is 8.10. The van der Waals surface area contributed by atoms with Crippen molar-refractivity contribution in [3.05, 3.63) is 90.5 Å². The van der Waals surface area contributed by atoms with E-state index in [1.54, 1.807) is 29.0 Å². The Morgan fingerprint density at radius 1 is 1.10 bits per heavy atom. The van der Waals surface area contributed by atoms with Crippen molar-refractivity contribution in [3.8, 4) is 0 Å². The van der Waals surface area contributed by atoms with Crippen molar-refractivity contribution >= 4 is 29.4 Å². The average molecular weight is 672 g/mol. The normalized spacial score (nSPS) is 25.0. The number of esters is 1. The van der Waals surface area contributed by atoms with Crippen molar-refractivity contribution in [2.75, 3.05) is 31.6 Å². The number of allylic oxidation sites excluding steroid dienone is 1. The number of likely N-dealkylation sites (tertiary alicyclic amines) is 1. The molecule has 7 atom stereocenters. The Kier molecular flexibility index (Phi) is 11.1. The van der Waals surface area contributed by atoms with Crippen LogP contribution in [0.2, 0.25) is 0 Å². The van der Waals surface area contributed by atoms with Gasteiger partial charge in [-0.3, -0.25) is 19.2 Å². The highest BCUT2D eigenvalue weighted by Crippen LogP contribution is 2.59. The number of fused-ring (bicyclic) bond motifs is 1. The smallest absolute Gasteiger partial charge is 0.313 e. The second kappa shape index (κ2) is 15.1. The highest BCUT2D eigenvalue weighted by atomic mass is 16.6. The molecular weight excluding hydrogens is 622 g/mol. The Balaban J connectivity index is 1.50. The van der Waals surface area contributed by atoms with Crippen molar-refractivity contribution < 1.29 is 33.8 Å². The van der Waals surface area contributed by atoms with Gasteiger partial charge >= 0.3 is 5.97 Å². The Morgan fingerprint density at radius 2 is 1.80 bits per heavy atom. The van der Waals surface area contributed by atoms with Crippen LogP contribution in [0, 0.1) is 25.7 Å². The van der Waals surface area contributed by atoms with Crippen LogP contribution in [0.15, 0.2) is 73.8 Å². The first kappa shape index (κ1) is 36.0. The van der Waals surface area contributed by atoms with E-state index in [9.17, 15) is 24.3 Å². The van der Waals surface area contributed by atoms with Crippen LogP contribution in [0.1, 0.15) is 61.8 Å². The third kappa shape index (κ3) is 6.56. The molecule has 3 fully saturated rings. The molecule has 1 N–H and O–H groups in total. The van der Waals surface area contributed by atoms with E-state index in [1.807, 2.05) is 69.3 Å².